The Balaban J connectivity index is 1.89. The van der Waals surface area contributed by atoms with Crippen LogP contribution in [0.1, 0.15) is 29.2 Å². The van der Waals surface area contributed by atoms with Gasteiger partial charge in [0, 0.05) is 28.5 Å². The monoisotopic (exact) mass is 333 g/mol. The highest BCUT2D eigenvalue weighted by Gasteiger charge is 2.06. The van der Waals surface area contributed by atoms with Crippen LogP contribution in [0, 0.1) is 30.4 Å². The van der Waals surface area contributed by atoms with Crippen molar-refractivity contribution in [3.05, 3.63) is 88.6 Å². The van der Waals surface area contributed by atoms with Gasteiger partial charge in [-0.2, -0.15) is 0 Å². The van der Waals surface area contributed by atoms with Crippen molar-refractivity contribution in [3.8, 4) is 23.1 Å². The predicted octanol–water partition coefficient (Wildman–Crippen LogP) is 5.30. The van der Waals surface area contributed by atoms with Crippen LogP contribution in [-0.4, -0.2) is 4.98 Å². The molecule has 2 aromatic carbocycles. The highest BCUT2D eigenvalue weighted by molar-refractivity contribution is 5.61. The van der Waals surface area contributed by atoms with Crippen molar-refractivity contribution in [2.45, 2.75) is 20.3 Å². The molecule has 1 aromatic heterocycles. The second-order valence-electron chi connectivity index (χ2n) is 5.78. The molecule has 124 valence electrons. The molecule has 0 aliphatic rings. The summed E-state index contributed by atoms with van der Waals surface area (Å²) in [6.45, 7) is 3.74. The molecule has 0 fully saturated rings. The predicted molar refractivity (Wildman–Crippen MR) is 96.1 cm³/mol. The van der Waals surface area contributed by atoms with Crippen molar-refractivity contribution in [1.29, 1.82) is 0 Å². The van der Waals surface area contributed by atoms with E-state index >= 15 is 0 Å². The molecule has 0 aliphatic heterocycles. The Morgan fingerprint density at radius 2 is 1.80 bits per heavy atom. The molecule has 0 spiro atoms. The van der Waals surface area contributed by atoms with Gasteiger partial charge >= 0.3 is 0 Å². The van der Waals surface area contributed by atoms with E-state index < -0.39 is 0 Å². The molecule has 0 N–H and O–H groups in total. The Hall–Kier alpha value is -2.99. The van der Waals surface area contributed by atoms with Crippen LogP contribution in [-0.2, 0) is 6.42 Å². The number of pyridine rings is 1. The van der Waals surface area contributed by atoms with Gasteiger partial charge in [-0.05, 0) is 55.3 Å². The fourth-order valence-corrected chi connectivity index (χ4v) is 2.63. The molecule has 3 heteroatoms. The van der Waals surface area contributed by atoms with E-state index in [0.717, 1.165) is 5.56 Å². The van der Waals surface area contributed by atoms with Crippen molar-refractivity contribution in [2.75, 3.05) is 0 Å². The minimum atomic E-state index is -0.293. The number of benzene rings is 2. The van der Waals surface area contributed by atoms with E-state index in [-0.39, 0.29) is 11.6 Å². The fourth-order valence-electron chi connectivity index (χ4n) is 2.63. The lowest BCUT2D eigenvalue weighted by atomic mass is 10.0. The van der Waals surface area contributed by atoms with Crippen LogP contribution < -0.4 is 0 Å². The smallest absolute Gasteiger partial charge is 0.132 e. The van der Waals surface area contributed by atoms with Crippen molar-refractivity contribution in [3.63, 3.8) is 0 Å². The zero-order valence-electron chi connectivity index (χ0n) is 14.1. The summed E-state index contributed by atoms with van der Waals surface area (Å²) in [4.78, 5) is 4.30. The van der Waals surface area contributed by atoms with E-state index in [1.54, 1.807) is 36.5 Å². The van der Waals surface area contributed by atoms with E-state index in [0.29, 0.717) is 34.4 Å². The number of aryl methyl sites for hydroxylation is 1. The van der Waals surface area contributed by atoms with E-state index in [2.05, 4.69) is 16.8 Å². The molecule has 1 nitrogen and oxygen atoms in total. The summed E-state index contributed by atoms with van der Waals surface area (Å²) in [7, 11) is 0. The first-order valence-electron chi connectivity index (χ1n) is 8.10. The van der Waals surface area contributed by atoms with Crippen LogP contribution in [0.2, 0.25) is 0 Å². The summed E-state index contributed by atoms with van der Waals surface area (Å²) in [5.41, 5.74) is 3.87. The molecule has 0 bridgehead atoms. The van der Waals surface area contributed by atoms with Crippen LogP contribution >= 0.6 is 0 Å². The number of hydrogen-bond acceptors (Lipinski definition) is 1. The van der Waals surface area contributed by atoms with Crippen LogP contribution in [0.5, 0.6) is 0 Å². The Labute approximate surface area is 146 Å². The molecule has 3 rings (SSSR count). The number of hydrogen-bond donors (Lipinski definition) is 0. The van der Waals surface area contributed by atoms with Gasteiger partial charge in [-0.1, -0.05) is 30.9 Å². The van der Waals surface area contributed by atoms with Crippen LogP contribution in [0.3, 0.4) is 0 Å². The number of aromatic nitrogens is 1. The zero-order valence-corrected chi connectivity index (χ0v) is 14.1. The molecular formula is C22H17F2N. The molecule has 0 atom stereocenters. The average Bonchev–Trinajstić information content (AvgIpc) is 2.61. The van der Waals surface area contributed by atoms with E-state index in [9.17, 15) is 8.78 Å². The molecule has 3 aromatic rings. The minimum Gasteiger partial charge on any atom is -0.255 e. The lowest BCUT2D eigenvalue weighted by Gasteiger charge is -2.04. The molecule has 0 radical (unpaired) electrons. The van der Waals surface area contributed by atoms with Gasteiger partial charge in [0.25, 0.3) is 0 Å². The fraction of sp³-hybridized carbons (Fsp3) is 0.136. The average molecular weight is 333 g/mol. The molecule has 0 saturated heterocycles. The Kier molecular flexibility index (Phi) is 4.90. The van der Waals surface area contributed by atoms with Gasteiger partial charge in [-0.15, -0.1) is 0 Å². The van der Waals surface area contributed by atoms with Crippen molar-refractivity contribution >= 4 is 0 Å². The first-order chi connectivity index (χ1) is 12.1. The van der Waals surface area contributed by atoms with Gasteiger partial charge in [0.15, 0.2) is 0 Å². The highest BCUT2D eigenvalue weighted by Crippen LogP contribution is 2.21. The zero-order chi connectivity index (χ0) is 17.8. The second kappa shape index (κ2) is 7.27. The summed E-state index contributed by atoms with van der Waals surface area (Å²) in [5, 5.41) is 0. The van der Waals surface area contributed by atoms with Crippen LogP contribution in [0.4, 0.5) is 8.78 Å². The Bertz CT molecular complexity index is 964. The van der Waals surface area contributed by atoms with Crippen molar-refractivity contribution in [2.24, 2.45) is 0 Å². The van der Waals surface area contributed by atoms with Gasteiger partial charge in [0.1, 0.15) is 11.6 Å². The van der Waals surface area contributed by atoms with Gasteiger partial charge in [-0.3, -0.25) is 4.98 Å². The van der Waals surface area contributed by atoms with E-state index in [4.69, 9.17) is 0 Å². The van der Waals surface area contributed by atoms with Crippen LogP contribution in [0.25, 0.3) is 11.3 Å². The largest absolute Gasteiger partial charge is 0.255 e. The van der Waals surface area contributed by atoms with E-state index in [1.165, 1.54) is 12.1 Å². The molecule has 0 saturated carbocycles. The number of halogens is 2. The third-order valence-electron chi connectivity index (χ3n) is 3.98. The van der Waals surface area contributed by atoms with Crippen molar-refractivity contribution < 1.29 is 8.78 Å². The quantitative estimate of drug-likeness (QED) is 0.580. The third kappa shape index (κ3) is 3.75. The molecule has 0 unspecified atom stereocenters. The van der Waals surface area contributed by atoms with Gasteiger partial charge in [0.2, 0.25) is 0 Å². The maximum atomic E-state index is 14.0. The summed E-state index contributed by atoms with van der Waals surface area (Å²) < 4.78 is 27.8. The first kappa shape index (κ1) is 16.9. The number of nitrogens with zero attached hydrogens (tertiary/aromatic N) is 1. The van der Waals surface area contributed by atoms with Gasteiger partial charge in [-0.25, -0.2) is 8.78 Å². The van der Waals surface area contributed by atoms with Crippen LogP contribution in [0.15, 0.2) is 54.7 Å². The summed E-state index contributed by atoms with van der Waals surface area (Å²) in [5.74, 6) is 5.46. The summed E-state index contributed by atoms with van der Waals surface area (Å²) in [6, 6.07) is 13.5. The third-order valence-corrected chi connectivity index (χ3v) is 3.98. The topological polar surface area (TPSA) is 12.9 Å². The Morgan fingerprint density at radius 3 is 2.48 bits per heavy atom. The van der Waals surface area contributed by atoms with Crippen molar-refractivity contribution in [1.82, 2.24) is 4.98 Å². The number of rotatable bonds is 2. The molecule has 0 aliphatic carbocycles. The lowest BCUT2D eigenvalue weighted by molar-refractivity contribution is 0.611. The standard InChI is InChI=1S/C22H17F2N/c1-3-18-17(5-4-6-20(18)23)10-8-16-9-12-22(25-14-16)19-11-7-15(2)13-21(19)24/h4-7,9,11-14H,3H2,1-2H3. The SMILES string of the molecule is CCc1c(F)cccc1C#Cc1ccc(-c2ccc(C)cc2F)nc1. The lowest BCUT2D eigenvalue weighted by Crippen LogP contribution is -1.92. The molecule has 25 heavy (non-hydrogen) atoms. The summed E-state index contributed by atoms with van der Waals surface area (Å²) in [6.07, 6.45) is 2.19. The van der Waals surface area contributed by atoms with Gasteiger partial charge < -0.3 is 0 Å². The second-order valence-corrected chi connectivity index (χ2v) is 5.78. The van der Waals surface area contributed by atoms with Gasteiger partial charge in [0.05, 0.1) is 5.69 Å². The highest BCUT2D eigenvalue weighted by atomic mass is 19.1. The normalized spacial score (nSPS) is 10.2. The molecule has 0 amide bonds. The molecule has 1 heterocycles. The maximum absolute atomic E-state index is 14.0. The molecular weight excluding hydrogens is 316 g/mol. The maximum Gasteiger partial charge on any atom is 0.132 e. The minimum absolute atomic E-state index is 0.238. The summed E-state index contributed by atoms with van der Waals surface area (Å²) >= 11 is 0. The van der Waals surface area contributed by atoms with E-state index in [1.807, 2.05) is 19.9 Å². The Morgan fingerprint density at radius 1 is 0.960 bits per heavy atom. The first-order valence-corrected chi connectivity index (χ1v) is 8.10.